The smallest absolute Gasteiger partial charge is 0.203 e. The van der Waals surface area contributed by atoms with Crippen molar-refractivity contribution in [2.45, 2.75) is 31.2 Å². The van der Waals surface area contributed by atoms with Crippen molar-refractivity contribution in [3.05, 3.63) is 17.2 Å². The molecule has 0 saturated carbocycles. The van der Waals surface area contributed by atoms with E-state index in [1.165, 1.54) is 0 Å². The van der Waals surface area contributed by atoms with Crippen LogP contribution in [0.3, 0.4) is 0 Å². The van der Waals surface area contributed by atoms with Gasteiger partial charge in [-0.2, -0.15) is 0 Å². The van der Waals surface area contributed by atoms with Crippen molar-refractivity contribution in [1.82, 2.24) is 0 Å². The third kappa shape index (κ3) is 2.67. The zero-order valence-electron chi connectivity index (χ0n) is 12.4. The monoisotopic (exact) mass is 300 g/mol. The highest BCUT2D eigenvalue weighted by Gasteiger charge is 2.31. The molecule has 112 valence electrons. The lowest BCUT2D eigenvalue weighted by Crippen LogP contribution is -2.15. The van der Waals surface area contributed by atoms with Gasteiger partial charge in [-0.05, 0) is 31.4 Å². The molecule has 2 unspecified atom stereocenters. The van der Waals surface area contributed by atoms with E-state index in [1.54, 1.807) is 21.3 Å². The van der Waals surface area contributed by atoms with Gasteiger partial charge in [-0.1, -0.05) is 0 Å². The summed E-state index contributed by atoms with van der Waals surface area (Å²) >= 11 is 6.30. The molecule has 0 aromatic heterocycles. The van der Waals surface area contributed by atoms with Crippen molar-refractivity contribution in [3.8, 4) is 17.2 Å². The first kappa shape index (κ1) is 15.3. The van der Waals surface area contributed by atoms with E-state index < -0.39 is 0 Å². The number of hydrogen-bond acceptors (Lipinski definition) is 4. The molecule has 0 amide bonds. The van der Waals surface area contributed by atoms with Crippen molar-refractivity contribution >= 4 is 11.6 Å². The van der Waals surface area contributed by atoms with Gasteiger partial charge in [0.25, 0.3) is 0 Å². The molecule has 0 radical (unpaired) electrons. The van der Waals surface area contributed by atoms with Crippen LogP contribution in [-0.4, -0.2) is 33.3 Å². The number of ether oxygens (including phenoxy) is 4. The maximum Gasteiger partial charge on any atom is 0.203 e. The van der Waals surface area contributed by atoms with Gasteiger partial charge in [0.2, 0.25) is 5.75 Å². The Morgan fingerprint density at radius 3 is 2.45 bits per heavy atom. The Bertz CT molecular complexity index is 473. The zero-order valence-corrected chi connectivity index (χ0v) is 13.1. The molecule has 5 heteroatoms. The SMILES string of the molecule is COc1cc2c(c(OC)c1OC)C(C(C)Cl)OCCC2. The topological polar surface area (TPSA) is 36.9 Å². The predicted molar refractivity (Wildman–Crippen MR) is 78.4 cm³/mol. The largest absolute Gasteiger partial charge is 0.493 e. The van der Waals surface area contributed by atoms with Crippen LogP contribution >= 0.6 is 11.6 Å². The number of alkyl halides is 1. The Labute approximate surface area is 124 Å². The van der Waals surface area contributed by atoms with Gasteiger partial charge in [-0.15, -0.1) is 11.6 Å². The fourth-order valence-corrected chi connectivity index (χ4v) is 2.87. The lowest BCUT2D eigenvalue weighted by molar-refractivity contribution is 0.0547. The van der Waals surface area contributed by atoms with E-state index in [9.17, 15) is 0 Å². The minimum absolute atomic E-state index is 0.154. The second-order valence-corrected chi connectivity index (χ2v) is 5.48. The number of rotatable bonds is 4. The second kappa shape index (κ2) is 6.55. The first-order valence-electron chi connectivity index (χ1n) is 6.71. The standard InChI is InChI=1S/C15H21ClO4/c1-9(16)13-12-10(6-5-7-20-13)8-11(17-2)14(18-3)15(12)19-4/h8-9,13H,5-7H2,1-4H3. The number of benzene rings is 1. The van der Waals surface area contributed by atoms with Crippen LogP contribution in [0.1, 0.15) is 30.6 Å². The molecule has 0 bridgehead atoms. The predicted octanol–water partition coefficient (Wildman–Crippen LogP) is 3.34. The molecule has 1 aliphatic heterocycles. The van der Waals surface area contributed by atoms with Crippen LogP contribution in [0.4, 0.5) is 0 Å². The van der Waals surface area contributed by atoms with E-state index >= 15 is 0 Å². The summed E-state index contributed by atoms with van der Waals surface area (Å²) in [6.45, 7) is 2.61. The van der Waals surface area contributed by atoms with Crippen LogP contribution in [0.25, 0.3) is 0 Å². The van der Waals surface area contributed by atoms with Crippen LogP contribution in [0.5, 0.6) is 17.2 Å². The Morgan fingerprint density at radius 1 is 1.20 bits per heavy atom. The van der Waals surface area contributed by atoms with Crippen molar-refractivity contribution < 1.29 is 18.9 Å². The van der Waals surface area contributed by atoms with Gasteiger partial charge in [-0.3, -0.25) is 0 Å². The van der Waals surface area contributed by atoms with E-state index in [0.29, 0.717) is 23.9 Å². The van der Waals surface area contributed by atoms with Gasteiger partial charge in [0.05, 0.1) is 26.7 Å². The first-order valence-corrected chi connectivity index (χ1v) is 7.15. The van der Waals surface area contributed by atoms with Crippen LogP contribution in [0, 0.1) is 0 Å². The van der Waals surface area contributed by atoms with E-state index in [1.807, 2.05) is 13.0 Å². The molecule has 1 aliphatic rings. The molecule has 0 fully saturated rings. The molecule has 1 aromatic rings. The van der Waals surface area contributed by atoms with Crippen molar-refractivity contribution in [2.24, 2.45) is 0 Å². The van der Waals surface area contributed by atoms with E-state index in [0.717, 1.165) is 24.0 Å². The van der Waals surface area contributed by atoms with Crippen LogP contribution in [0.2, 0.25) is 0 Å². The summed E-state index contributed by atoms with van der Waals surface area (Å²) in [7, 11) is 4.85. The summed E-state index contributed by atoms with van der Waals surface area (Å²) in [4.78, 5) is 0. The van der Waals surface area contributed by atoms with E-state index in [-0.39, 0.29) is 11.5 Å². The summed E-state index contributed by atoms with van der Waals surface area (Å²) in [5, 5.41) is -0.154. The molecule has 2 atom stereocenters. The summed E-state index contributed by atoms with van der Waals surface area (Å²) in [6, 6.07) is 2.00. The molecule has 0 spiro atoms. The minimum atomic E-state index is -0.205. The Morgan fingerprint density at radius 2 is 1.90 bits per heavy atom. The maximum atomic E-state index is 6.30. The zero-order chi connectivity index (χ0) is 14.7. The minimum Gasteiger partial charge on any atom is -0.493 e. The van der Waals surface area contributed by atoms with E-state index in [2.05, 4.69) is 0 Å². The lowest BCUT2D eigenvalue weighted by Gasteiger charge is -2.25. The molecule has 2 rings (SSSR count). The molecule has 1 aromatic carbocycles. The van der Waals surface area contributed by atoms with Crippen molar-refractivity contribution in [3.63, 3.8) is 0 Å². The normalized spacial score (nSPS) is 19.8. The van der Waals surface area contributed by atoms with Crippen LogP contribution in [-0.2, 0) is 11.2 Å². The molecule has 0 saturated heterocycles. The summed E-state index contributed by atoms with van der Waals surface area (Å²) in [5.41, 5.74) is 2.12. The number of hydrogen-bond donors (Lipinski definition) is 0. The third-order valence-corrected chi connectivity index (χ3v) is 3.77. The van der Waals surface area contributed by atoms with Crippen LogP contribution in [0.15, 0.2) is 6.07 Å². The lowest BCUT2D eigenvalue weighted by atomic mass is 9.96. The summed E-state index contributed by atoms with van der Waals surface area (Å²) < 4.78 is 22.3. The van der Waals surface area contributed by atoms with Gasteiger partial charge in [-0.25, -0.2) is 0 Å². The molecule has 1 heterocycles. The van der Waals surface area contributed by atoms with Gasteiger partial charge < -0.3 is 18.9 Å². The average Bonchev–Trinajstić information content (AvgIpc) is 2.66. The van der Waals surface area contributed by atoms with Gasteiger partial charge in [0.1, 0.15) is 6.10 Å². The molecule has 0 aliphatic carbocycles. The highest BCUT2D eigenvalue weighted by molar-refractivity contribution is 6.20. The third-order valence-electron chi connectivity index (χ3n) is 3.54. The average molecular weight is 301 g/mol. The highest BCUT2D eigenvalue weighted by atomic mass is 35.5. The van der Waals surface area contributed by atoms with Gasteiger partial charge in [0.15, 0.2) is 11.5 Å². The Balaban J connectivity index is 2.67. The van der Waals surface area contributed by atoms with Crippen molar-refractivity contribution in [2.75, 3.05) is 27.9 Å². The second-order valence-electron chi connectivity index (χ2n) is 4.79. The van der Waals surface area contributed by atoms with Gasteiger partial charge in [0, 0.05) is 12.2 Å². The van der Waals surface area contributed by atoms with Crippen LogP contribution < -0.4 is 14.2 Å². The Hall–Kier alpha value is -1.13. The fraction of sp³-hybridized carbons (Fsp3) is 0.600. The number of fused-ring (bicyclic) bond motifs is 1. The highest BCUT2D eigenvalue weighted by Crippen LogP contribution is 2.47. The molecule has 4 nitrogen and oxygen atoms in total. The maximum absolute atomic E-state index is 6.30. The number of halogens is 1. The molecular weight excluding hydrogens is 280 g/mol. The number of aryl methyl sites for hydroxylation is 1. The quantitative estimate of drug-likeness (QED) is 0.799. The van der Waals surface area contributed by atoms with E-state index in [4.69, 9.17) is 30.5 Å². The summed E-state index contributed by atoms with van der Waals surface area (Å²) in [6.07, 6.45) is 1.65. The number of methoxy groups -OCH3 is 3. The first-order chi connectivity index (χ1) is 9.63. The van der Waals surface area contributed by atoms with Gasteiger partial charge >= 0.3 is 0 Å². The molecule has 20 heavy (non-hydrogen) atoms. The van der Waals surface area contributed by atoms with Crippen molar-refractivity contribution in [1.29, 1.82) is 0 Å². The molecular formula is C15H21ClO4. The summed E-state index contributed by atoms with van der Waals surface area (Å²) in [5.74, 6) is 1.91. The fourth-order valence-electron chi connectivity index (χ4n) is 2.67. The molecule has 0 N–H and O–H groups in total. The Kier molecular flexibility index (Phi) is 5.00.